The molecule has 3 N–H and O–H groups in total. The lowest BCUT2D eigenvalue weighted by Gasteiger charge is -2.34. The highest BCUT2D eigenvalue weighted by molar-refractivity contribution is 9.10. The van der Waals surface area contributed by atoms with E-state index < -0.39 is 6.04 Å². The SMILES string of the molecule is Cc1ccc(NC(=O)C[C@H]2Nc3ccccc3N(CC(=O)Nc3ccc(Br)cc3)C2=O)cc1. The maximum atomic E-state index is 13.3. The first-order valence-corrected chi connectivity index (χ1v) is 11.3. The highest BCUT2D eigenvalue weighted by Crippen LogP contribution is 2.32. The number of anilines is 4. The summed E-state index contributed by atoms with van der Waals surface area (Å²) in [4.78, 5) is 40.0. The number of carbonyl (C=O) groups is 3. The third kappa shape index (κ3) is 5.59. The Morgan fingerprint density at radius 3 is 2.21 bits per heavy atom. The van der Waals surface area contributed by atoms with E-state index in [0.29, 0.717) is 22.7 Å². The number of hydrogen-bond donors (Lipinski definition) is 3. The van der Waals surface area contributed by atoms with Crippen LogP contribution in [-0.4, -0.2) is 30.3 Å². The molecule has 7 nitrogen and oxygen atoms in total. The van der Waals surface area contributed by atoms with Crippen LogP contribution in [0.25, 0.3) is 0 Å². The molecule has 8 heteroatoms. The molecule has 1 aliphatic rings. The minimum absolute atomic E-state index is 0.0636. The van der Waals surface area contributed by atoms with Crippen LogP contribution in [-0.2, 0) is 14.4 Å². The maximum absolute atomic E-state index is 13.3. The zero-order valence-corrected chi connectivity index (χ0v) is 19.6. The number of fused-ring (bicyclic) bond motifs is 1. The zero-order chi connectivity index (χ0) is 23.4. The Balaban J connectivity index is 1.47. The van der Waals surface area contributed by atoms with E-state index in [2.05, 4.69) is 31.9 Å². The van der Waals surface area contributed by atoms with Gasteiger partial charge in [0.15, 0.2) is 0 Å². The van der Waals surface area contributed by atoms with Crippen molar-refractivity contribution in [3.63, 3.8) is 0 Å². The largest absolute Gasteiger partial charge is 0.372 e. The molecular weight excluding hydrogens is 484 g/mol. The Labute approximate surface area is 200 Å². The number of nitrogens with one attached hydrogen (secondary N) is 3. The van der Waals surface area contributed by atoms with Gasteiger partial charge in [0.1, 0.15) is 12.6 Å². The quantitative estimate of drug-likeness (QED) is 0.457. The van der Waals surface area contributed by atoms with Crippen molar-refractivity contribution < 1.29 is 14.4 Å². The van der Waals surface area contributed by atoms with Gasteiger partial charge in [-0.25, -0.2) is 0 Å². The molecule has 0 saturated heterocycles. The van der Waals surface area contributed by atoms with Gasteiger partial charge >= 0.3 is 0 Å². The van der Waals surface area contributed by atoms with Crippen LogP contribution in [0.1, 0.15) is 12.0 Å². The average molecular weight is 507 g/mol. The van der Waals surface area contributed by atoms with Gasteiger partial charge in [0.05, 0.1) is 17.8 Å². The first-order chi connectivity index (χ1) is 15.9. The van der Waals surface area contributed by atoms with Crippen molar-refractivity contribution in [2.45, 2.75) is 19.4 Å². The summed E-state index contributed by atoms with van der Waals surface area (Å²) in [7, 11) is 0. The number of benzene rings is 3. The Morgan fingerprint density at radius 2 is 1.52 bits per heavy atom. The average Bonchev–Trinajstić information content (AvgIpc) is 2.79. The summed E-state index contributed by atoms with van der Waals surface area (Å²) < 4.78 is 0.901. The van der Waals surface area contributed by atoms with E-state index in [0.717, 1.165) is 10.0 Å². The minimum Gasteiger partial charge on any atom is -0.372 e. The molecule has 0 aliphatic carbocycles. The van der Waals surface area contributed by atoms with Crippen LogP contribution in [0.4, 0.5) is 22.7 Å². The summed E-state index contributed by atoms with van der Waals surface area (Å²) in [5.74, 6) is -0.952. The fraction of sp³-hybridized carbons (Fsp3) is 0.160. The lowest BCUT2D eigenvalue weighted by atomic mass is 10.1. The fourth-order valence-corrected chi connectivity index (χ4v) is 3.86. The Morgan fingerprint density at radius 1 is 0.909 bits per heavy atom. The van der Waals surface area contributed by atoms with Crippen molar-refractivity contribution in [3.8, 4) is 0 Å². The molecular formula is C25H23BrN4O3. The Bertz CT molecular complexity index is 1180. The monoisotopic (exact) mass is 506 g/mol. The molecule has 1 atom stereocenters. The smallest absolute Gasteiger partial charge is 0.250 e. The van der Waals surface area contributed by atoms with Gasteiger partial charge in [0, 0.05) is 15.8 Å². The number of aryl methyl sites for hydroxylation is 1. The second kappa shape index (κ2) is 9.87. The molecule has 4 rings (SSSR count). The fourth-order valence-electron chi connectivity index (χ4n) is 3.60. The molecule has 1 aliphatic heterocycles. The minimum atomic E-state index is -0.786. The van der Waals surface area contributed by atoms with Gasteiger partial charge in [-0.1, -0.05) is 45.8 Å². The number of carbonyl (C=O) groups excluding carboxylic acids is 3. The van der Waals surface area contributed by atoms with Crippen LogP contribution in [0.5, 0.6) is 0 Å². The number of rotatable bonds is 6. The second-order valence-electron chi connectivity index (χ2n) is 7.81. The molecule has 33 heavy (non-hydrogen) atoms. The lowest BCUT2D eigenvalue weighted by Crippen LogP contribution is -2.50. The molecule has 1 heterocycles. The molecule has 0 bridgehead atoms. The summed E-state index contributed by atoms with van der Waals surface area (Å²) >= 11 is 3.36. The second-order valence-corrected chi connectivity index (χ2v) is 8.73. The van der Waals surface area contributed by atoms with Crippen LogP contribution < -0.4 is 20.9 Å². The van der Waals surface area contributed by atoms with E-state index >= 15 is 0 Å². The van der Waals surface area contributed by atoms with Crippen LogP contribution >= 0.6 is 15.9 Å². The first-order valence-electron chi connectivity index (χ1n) is 10.5. The molecule has 3 aromatic rings. The van der Waals surface area contributed by atoms with Crippen LogP contribution in [0.3, 0.4) is 0 Å². The molecule has 0 radical (unpaired) electrons. The molecule has 3 amide bonds. The molecule has 168 valence electrons. The van der Waals surface area contributed by atoms with Crippen molar-refractivity contribution in [2.24, 2.45) is 0 Å². The lowest BCUT2D eigenvalue weighted by molar-refractivity contribution is -0.124. The van der Waals surface area contributed by atoms with Crippen molar-refractivity contribution in [1.82, 2.24) is 0 Å². The third-order valence-electron chi connectivity index (χ3n) is 5.24. The maximum Gasteiger partial charge on any atom is 0.250 e. The number of para-hydroxylation sites is 2. The molecule has 0 spiro atoms. The number of nitrogens with zero attached hydrogens (tertiary/aromatic N) is 1. The highest BCUT2D eigenvalue weighted by Gasteiger charge is 2.34. The molecule has 0 unspecified atom stereocenters. The van der Waals surface area contributed by atoms with Crippen molar-refractivity contribution >= 4 is 56.4 Å². The van der Waals surface area contributed by atoms with Crippen LogP contribution in [0.15, 0.2) is 77.3 Å². The van der Waals surface area contributed by atoms with E-state index in [1.807, 2.05) is 55.5 Å². The molecule has 0 aromatic heterocycles. The summed E-state index contributed by atoms with van der Waals surface area (Å²) in [5.41, 5.74) is 3.68. The molecule has 0 fully saturated rings. The summed E-state index contributed by atoms with van der Waals surface area (Å²) in [6, 6.07) is 21.1. The Hall–Kier alpha value is -3.65. The van der Waals surface area contributed by atoms with Crippen LogP contribution in [0.2, 0.25) is 0 Å². The van der Waals surface area contributed by atoms with Crippen molar-refractivity contribution in [1.29, 1.82) is 0 Å². The van der Waals surface area contributed by atoms with Gasteiger partial charge in [-0.2, -0.15) is 0 Å². The van der Waals surface area contributed by atoms with E-state index in [4.69, 9.17) is 0 Å². The van der Waals surface area contributed by atoms with E-state index in [1.54, 1.807) is 24.3 Å². The van der Waals surface area contributed by atoms with Gasteiger partial charge in [-0.15, -0.1) is 0 Å². The zero-order valence-electron chi connectivity index (χ0n) is 18.0. The third-order valence-corrected chi connectivity index (χ3v) is 5.77. The van der Waals surface area contributed by atoms with Gasteiger partial charge < -0.3 is 16.0 Å². The Kier molecular flexibility index (Phi) is 6.74. The summed E-state index contributed by atoms with van der Waals surface area (Å²) in [5, 5.41) is 8.77. The van der Waals surface area contributed by atoms with E-state index in [9.17, 15) is 14.4 Å². The summed E-state index contributed by atoms with van der Waals surface area (Å²) in [6.45, 7) is 1.80. The summed E-state index contributed by atoms with van der Waals surface area (Å²) in [6.07, 6.45) is -0.0636. The van der Waals surface area contributed by atoms with E-state index in [-0.39, 0.29) is 30.7 Å². The van der Waals surface area contributed by atoms with Crippen LogP contribution in [0, 0.1) is 6.92 Å². The van der Waals surface area contributed by atoms with Gasteiger partial charge in [0.25, 0.3) is 5.91 Å². The number of halogens is 1. The van der Waals surface area contributed by atoms with Crippen molar-refractivity contribution in [3.05, 3.63) is 82.8 Å². The number of amides is 3. The van der Waals surface area contributed by atoms with Gasteiger partial charge in [-0.05, 0) is 55.5 Å². The molecule has 3 aromatic carbocycles. The van der Waals surface area contributed by atoms with Gasteiger partial charge in [0.2, 0.25) is 11.8 Å². The predicted octanol–water partition coefficient (Wildman–Crippen LogP) is 4.55. The van der Waals surface area contributed by atoms with Crippen molar-refractivity contribution in [2.75, 3.05) is 27.4 Å². The normalized spacial score (nSPS) is 14.8. The van der Waals surface area contributed by atoms with Gasteiger partial charge in [-0.3, -0.25) is 19.3 Å². The first kappa shape index (κ1) is 22.5. The standard InChI is InChI=1S/C25H23BrN4O3/c1-16-6-10-18(11-7-16)27-23(31)14-21-25(33)30(22-5-3-2-4-20(22)29-21)15-24(32)28-19-12-8-17(26)9-13-19/h2-13,21,29H,14-15H2,1H3,(H,27,31)(H,28,32)/t21-/m1/s1. The highest BCUT2D eigenvalue weighted by atomic mass is 79.9. The predicted molar refractivity (Wildman–Crippen MR) is 133 cm³/mol. The van der Waals surface area contributed by atoms with E-state index in [1.165, 1.54) is 4.90 Å². The molecule has 0 saturated carbocycles. The number of hydrogen-bond acceptors (Lipinski definition) is 4. The topological polar surface area (TPSA) is 90.5 Å².